The zero-order valence-electron chi connectivity index (χ0n) is 18.7. The van der Waals surface area contributed by atoms with E-state index in [9.17, 15) is 10.1 Å². The number of aryl methyl sites for hydroxylation is 1. The van der Waals surface area contributed by atoms with E-state index >= 15 is 0 Å². The number of ketones is 1. The summed E-state index contributed by atoms with van der Waals surface area (Å²) < 4.78 is 0. The molecule has 1 aliphatic rings. The van der Waals surface area contributed by atoms with Crippen LogP contribution in [0.1, 0.15) is 55.4 Å². The van der Waals surface area contributed by atoms with Crippen LogP contribution >= 0.6 is 11.8 Å². The normalized spacial score (nSPS) is 14.1. The van der Waals surface area contributed by atoms with Crippen molar-refractivity contribution in [2.24, 2.45) is 5.73 Å². The Labute approximate surface area is 194 Å². The minimum atomic E-state index is 0.193. The zero-order valence-corrected chi connectivity index (χ0v) is 19.5. The van der Waals surface area contributed by atoms with E-state index in [1.165, 1.54) is 11.8 Å². The molecule has 2 heterocycles. The quantitative estimate of drug-likeness (QED) is 0.462. The maximum atomic E-state index is 11.2. The van der Waals surface area contributed by atoms with Crippen LogP contribution in [0.3, 0.4) is 0 Å². The molecule has 0 atom stereocenters. The second-order valence-corrected chi connectivity index (χ2v) is 9.12. The highest BCUT2D eigenvalue weighted by Crippen LogP contribution is 2.39. The van der Waals surface area contributed by atoms with Crippen molar-refractivity contribution < 1.29 is 4.79 Å². The molecule has 1 aromatic carbocycles. The molecule has 1 aliphatic heterocycles. The fraction of sp³-hybridized carbons (Fsp3) is 0.440. The molecule has 7 heteroatoms. The van der Waals surface area contributed by atoms with Crippen molar-refractivity contribution in [3.8, 4) is 6.07 Å². The standard InChI is InChI=1S/C25H29N5OS/c1-4-21-22(15-26)25(29-24(23(21)28-3)30-13-11-20(27)12-14-30)32-16-19-9-7-18(8-10-19)6-5-17(2)31/h7-10,20H,4-6,11-14,16,27H2,1-2H3. The fourth-order valence-corrected chi connectivity index (χ4v) is 4.83. The summed E-state index contributed by atoms with van der Waals surface area (Å²) in [6.45, 7) is 12.9. The van der Waals surface area contributed by atoms with Crippen molar-refractivity contribution in [2.75, 3.05) is 18.0 Å². The Hall–Kier alpha value is -2.87. The highest BCUT2D eigenvalue weighted by Gasteiger charge is 2.25. The van der Waals surface area contributed by atoms with Gasteiger partial charge in [-0.2, -0.15) is 5.26 Å². The molecule has 166 valence electrons. The molecule has 0 unspecified atom stereocenters. The van der Waals surface area contributed by atoms with Crippen LogP contribution < -0.4 is 10.6 Å². The summed E-state index contributed by atoms with van der Waals surface area (Å²) in [6.07, 6.45) is 3.67. The Morgan fingerprint density at radius 1 is 1.31 bits per heavy atom. The molecule has 6 nitrogen and oxygen atoms in total. The molecule has 3 rings (SSSR count). The summed E-state index contributed by atoms with van der Waals surface area (Å²) in [5, 5.41) is 10.5. The molecular weight excluding hydrogens is 418 g/mol. The first-order chi connectivity index (χ1) is 15.5. The SMILES string of the molecule is [C-]#[N+]c1c(N2CCC(N)CC2)nc(SCc2ccc(CCC(C)=O)cc2)c(C#N)c1CC. The number of nitrogens with two attached hydrogens (primary N) is 1. The van der Waals surface area contributed by atoms with Gasteiger partial charge in [0.15, 0.2) is 0 Å². The van der Waals surface area contributed by atoms with Crippen molar-refractivity contribution in [2.45, 2.75) is 62.8 Å². The first-order valence-electron chi connectivity index (χ1n) is 11.0. The van der Waals surface area contributed by atoms with E-state index in [1.807, 2.05) is 6.92 Å². The van der Waals surface area contributed by atoms with Gasteiger partial charge in [-0.15, -0.1) is 11.8 Å². The Morgan fingerprint density at radius 2 is 1.97 bits per heavy atom. The number of aromatic nitrogens is 1. The smallest absolute Gasteiger partial charge is 0.232 e. The number of nitrogens with zero attached hydrogens (tertiary/aromatic N) is 4. The molecule has 2 N–H and O–H groups in total. The molecule has 0 radical (unpaired) electrons. The predicted molar refractivity (Wildman–Crippen MR) is 129 cm³/mol. The van der Waals surface area contributed by atoms with Crippen molar-refractivity contribution in [1.29, 1.82) is 5.26 Å². The summed E-state index contributed by atoms with van der Waals surface area (Å²) in [7, 11) is 0. The van der Waals surface area contributed by atoms with Crippen LogP contribution in [0.5, 0.6) is 0 Å². The number of carbonyl (C=O) groups excluding carboxylic acids is 1. The average Bonchev–Trinajstić information content (AvgIpc) is 2.81. The minimum absolute atomic E-state index is 0.193. The van der Waals surface area contributed by atoms with Gasteiger partial charge in [0.1, 0.15) is 22.7 Å². The molecule has 1 fully saturated rings. The highest BCUT2D eigenvalue weighted by atomic mass is 32.2. The van der Waals surface area contributed by atoms with Crippen molar-refractivity contribution in [3.63, 3.8) is 0 Å². The molecule has 32 heavy (non-hydrogen) atoms. The Kier molecular flexibility index (Phi) is 8.27. The van der Waals surface area contributed by atoms with E-state index in [4.69, 9.17) is 17.3 Å². The second-order valence-electron chi connectivity index (χ2n) is 8.15. The largest absolute Gasteiger partial charge is 0.365 e. The number of piperidine rings is 1. The van der Waals surface area contributed by atoms with E-state index in [1.54, 1.807) is 6.92 Å². The Balaban J connectivity index is 1.85. The topological polar surface area (TPSA) is 87.4 Å². The van der Waals surface area contributed by atoms with Gasteiger partial charge in [-0.05, 0) is 49.3 Å². The maximum absolute atomic E-state index is 11.2. The number of pyridine rings is 1. The van der Waals surface area contributed by atoms with Crippen LogP contribution in [-0.4, -0.2) is 29.9 Å². The van der Waals surface area contributed by atoms with E-state index in [2.05, 4.69) is 40.1 Å². The molecular formula is C25H29N5OS. The summed E-state index contributed by atoms with van der Waals surface area (Å²) in [4.78, 5) is 21.9. The van der Waals surface area contributed by atoms with Gasteiger partial charge in [-0.25, -0.2) is 9.83 Å². The third kappa shape index (κ3) is 5.68. The number of benzene rings is 1. The number of hydrogen-bond donors (Lipinski definition) is 1. The van der Waals surface area contributed by atoms with Crippen LogP contribution in [0.2, 0.25) is 0 Å². The lowest BCUT2D eigenvalue weighted by molar-refractivity contribution is -0.116. The Bertz CT molecular complexity index is 1040. The number of thioether (sulfide) groups is 1. The molecule has 0 spiro atoms. The van der Waals surface area contributed by atoms with Crippen LogP contribution in [-0.2, 0) is 23.4 Å². The predicted octanol–water partition coefficient (Wildman–Crippen LogP) is 4.81. The van der Waals surface area contributed by atoms with E-state index in [-0.39, 0.29) is 11.8 Å². The summed E-state index contributed by atoms with van der Waals surface area (Å²) >= 11 is 1.53. The van der Waals surface area contributed by atoms with E-state index < -0.39 is 0 Å². The Morgan fingerprint density at radius 3 is 2.53 bits per heavy atom. The monoisotopic (exact) mass is 447 g/mol. The number of rotatable bonds is 8. The van der Waals surface area contributed by atoms with Gasteiger partial charge >= 0.3 is 0 Å². The van der Waals surface area contributed by atoms with E-state index in [0.29, 0.717) is 40.7 Å². The third-order valence-electron chi connectivity index (χ3n) is 5.80. The third-order valence-corrected chi connectivity index (χ3v) is 6.85. The first-order valence-corrected chi connectivity index (χ1v) is 12.0. The fourth-order valence-electron chi connectivity index (χ4n) is 3.87. The maximum Gasteiger partial charge on any atom is 0.232 e. The number of hydrogen-bond acceptors (Lipinski definition) is 6. The lowest BCUT2D eigenvalue weighted by Gasteiger charge is -2.32. The molecule has 0 aliphatic carbocycles. The molecule has 1 saturated heterocycles. The van der Waals surface area contributed by atoms with Gasteiger partial charge in [0.05, 0.1) is 12.1 Å². The molecule has 0 bridgehead atoms. The van der Waals surface area contributed by atoms with Gasteiger partial charge in [0.25, 0.3) is 0 Å². The van der Waals surface area contributed by atoms with Gasteiger partial charge in [-0.3, -0.25) is 0 Å². The van der Waals surface area contributed by atoms with Crippen LogP contribution in [0, 0.1) is 17.9 Å². The number of carbonyl (C=O) groups is 1. The summed E-state index contributed by atoms with van der Waals surface area (Å²) in [5.41, 5.74) is 10.1. The van der Waals surface area contributed by atoms with Crippen LogP contribution in [0.25, 0.3) is 4.85 Å². The van der Waals surface area contributed by atoms with Crippen molar-refractivity contribution in [3.05, 3.63) is 57.9 Å². The van der Waals surface area contributed by atoms with Crippen LogP contribution in [0.4, 0.5) is 11.5 Å². The van der Waals surface area contributed by atoms with Crippen molar-refractivity contribution >= 4 is 29.1 Å². The minimum Gasteiger partial charge on any atom is -0.365 e. The number of Topliss-reactive ketones (excluding diaryl/α,β-unsaturated/α-hetero) is 1. The van der Waals surface area contributed by atoms with Gasteiger partial charge in [-0.1, -0.05) is 31.2 Å². The number of nitriles is 1. The number of anilines is 1. The van der Waals surface area contributed by atoms with Crippen molar-refractivity contribution in [1.82, 2.24) is 4.98 Å². The highest BCUT2D eigenvalue weighted by molar-refractivity contribution is 7.98. The lowest BCUT2D eigenvalue weighted by Crippen LogP contribution is -2.40. The molecule has 0 saturated carbocycles. The molecule has 1 aromatic heterocycles. The lowest BCUT2D eigenvalue weighted by atomic mass is 10.0. The first kappa shape index (κ1) is 23.8. The zero-order chi connectivity index (χ0) is 23.1. The van der Waals surface area contributed by atoms with Gasteiger partial charge in [0.2, 0.25) is 5.69 Å². The van der Waals surface area contributed by atoms with E-state index in [0.717, 1.165) is 49.0 Å². The second kappa shape index (κ2) is 11.1. The van der Waals surface area contributed by atoms with Crippen LogP contribution in [0.15, 0.2) is 29.3 Å². The van der Waals surface area contributed by atoms with Gasteiger partial charge < -0.3 is 15.4 Å². The summed E-state index contributed by atoms with van der Waals surface area (Å²) in [6, 6.07) is 10.7. The summed E-state index contributed by atoms with van der Waals surface area (Å²) in [5.74, 6) is 1.56. The molecule has 0 amide bonds. The van der Waals surface area contributed by atoms with Gasteiger partial charge in [0, 0.05) is 31.3 Å². The average molecular weight is 448 g/mol. The molecule has 2 aromatic rings.